The van der Waals surface area contributed by atoms with Gasteiger partial charge in [-0.3, -0.25) is 0 Å². The lowest BCUT2D eigenvalue weighted by atomic mass is 10.3. The van der Waals surface area contributed by atoms with Gasteiger partial charge < -0.3 is 10.1 Å². The Morgan fingerprint density at radius 3 is 2.88 bits per heavy atom. The molecule has 1 rings (SSSR count). The van der Waals surface area contributed by atoms with Crippen molar-refractivity contribution in [3.63, 3.8) is 0 Å². The van der Waals surface area contributed by atoms with E-state index in [4.69, 9.17) is 4.74 Å². The van der Waals surface area contributed by atoms with Crippen molar-refractivity contribution in [2.45, 2.75) is 25.4 Å². The highest BCUT2D eigenvalue weighted by Crippen LogP contribution is 2.17. The summed E-state index contributed by atoms with van der Waals surface area (Å²) >= 11 is 1.44. The first-order valence-electron chi connectivity index (χ1n) is 5.54. The third-order valence-corrected chi connectivity index (χ3v) is 2.55. The molecule has 0 aliphatic rings. The molecule has 94 valence electrons. The maximum absolute atomic E-state index is 11.7. The number of ether oxygens (including phenoxy) is 1. The van der Waals surface area contributed by atoms with Crippen LogP contribution in [0.2, 0.25) is 0 Å². The van der Waals surface area contributed by atoms with E-state index in [-0.39, 0.29) is 0 Å². The molecule has 17 heavy (non-hydrogen) atoms. The average molecular weight is 255 g/mol. The van der Waals surface area contributed by atoms with Crippen LogP contribution in [0.1, 0.15) is 30.6 Å². The fraction of sp³-hybridized carbons (Fsp3) is 0.545. The van der Waals surface area contributed by atoms with Crippen molar-refractivity contribution < 1.29 is 9.53 Å². The van der Waals surface area contributed by atoms with Crippen molar-refractivity contribution in [1.29, 1.82) is 0 Å². The quantitative estimate of drug-likeness (QED) is 0.477. The third kappa shape index (κ3) is 3.89. The smallest absolute Gasteiger partial charge is 0.343 e. The lowest BCUT2D eigenvalue weighted by molar-refractivity contribution is 0.0526. The number of nitrogens with one attached hydrogen (secondary N) is 1. The minimum absolute atomic E-state index is 0.344. The Bertz CT molecular complexity index is 385. The fourth-order valence-corrected chi connectivity index (χ4v) is 1.54. The van der Waals surface area contributed by atoms with Crippen molar-refractivity contribution in [2.24, 2.45) is 0 Å². The van der Waals surface area contributed by atoms with E-state index >= 15 is 0 Å². The van der Waals surface area contributed by atoms with Gasteiger partial charge in [0.15, 0.2) is 5.16 Å². The molecule has 0 aliphatic carbocycles. The highest BCUT2D eigenvalue weighted by molar-refractivity contribution is 7.98. The Morgan fingerprint density at radius 1 is 1.53 bits per heavy atom. The van der Waals surface area contributed by atoms with Crippen molar-refractivity contribution in [3.8, 4) is 0 Å². The van der Waals surface area contributed by atoms with Gasteiger partial charge in [0, 0.05) is 12.7 Å². The van der Waals surface area contributed by atoms with E-state index in [0.717, 1.165) is 13.0 Å². The van der Waals surface area contributed by atoms with Crippen molar-refractivity contribution in [3.05, 3.63) is 11.8 Å². The van der Waals surface area contributed by atoms with Crippen molar-refractivity contribution in [2.75, 3.05) is 24.7 Å². The summed E-state index contributed by atoms with van der Waals surface area (Å²) in [6.07, 6.45) is 4.36. The van der Waals surface area contributed by atoms with Crippen LogP contribution in [-0.4, -0.2) is 35.3 Å². The number of anilines is 1. The molecule has 5 nitrogen and oxygen atoms in total. The number of thioether (sulfide) groups is 1. The van der Waals surface area contributed by atoms with Crippen LogP contribution in [0.5, 0.6) is 0 Å². The highest BCUT2D eigenvalue weighted by atomic mass is 32.2. The van der Waals surface area contributed by atoms with E-state index in [2.05, 4.69) is 15.3 Å². The Balaban J connectivity index is 2.97. The molecule has 0 aromatic carbocycles. The van der Waals surface area contributed by atoms with Gasteiger partial charge >= 0.3 is 5.97 Å². The predicted molar refractivity (Wildman–Crippen MR) is 68.6 cm³/mol. The van der Waals surface area contributed by atoms with E-state index in [1.54, 1.807) is 6.92 Å². The Hall–Kier alpha value is -1.30. The summed E-state index contributed by atoms with van der Waals surface area (Å²) in [6.45, 7) is 4.93. The molecule has 0 amide bonds. The van der Waals surface area contributed by atoms with Crippen LogP contribution in [0.4, 0.5) is 5.82 Å². The molecular formula is C11H17N3O2S. The van der Waals surface area contributed by atoms with E-state index in [0.29, 0.717) is 23.1 Å². The van der Waals surface area contributed by atoms with Crippen LogP contribution >= 0.6 is 11.8 Å². The molecule has 0 bridgehead atoms. The van der Waals surface area contributed by atoms with E-state index in [9.17, 15) is 4.79 Å². The SMILES string of the molecule is CCCNc1nc(SC)ncc1C(=O)OCC. The maximum atomic E-state index is 11.7. The molecule has 0 radical (unpaired) electrons. The van der Waals surface area contributed by atoms with Gasteiger partial charge in [0.2, 0.25) is 0 Å². The topological polar surface area (TPSA) is 64.1 Å². The lowest BCUT2D eigenvalue weighted by Crippen LogP contribution is -2.13. The largest absolute Gasteiger partial charge is 0.462 e. The molecule has 1 heterocycles. The second kappa shape index (κ2) is 7.11. The molecule has 0 fully saturated rings. The van der Waals surface area contributed by atoms with E-state index in [1.807, 2.05) is 13.2 Å². The zero-order valence-electron chi connectivity index (χ0n) is 10.3. The summed E-state index contributed by atoms with van der Waals surface area (Å²) in [6, 6.07) is 0. The number of carbonyl (C=O) groups excluding carboxylic acids is 1. The van der Waals surface area contributed by atoms with Crippen LogP contribution in [0, 0.1) is 0 Å². The molecular weight excluding hydrogens is 238 g/mol. The van der Waals surface area contributed by atoms with E-state index in [1.165, 1.54) is 18.0 Å². The summed E-state index contributed by atoms with van der Waals surface area (Å²) in [5.41, 5.74) is 0.387. The summed E-state index contributed by atoms with van der Waals surface area (Å²) in [4.78, 5) is 20.0. The average Bonchev–Trinajstić information content (AvgIpc) is 2.36. The maximum Gasteiger partial charge on any atom is 0.343 e. The molecule has 0 unspecified atom stereocenters. The molecule has 0 spiro atoms. The fourth-order valence-electron chi connectivity index (χ4n) is 1.20. The summed E-state index contributed by atoms with van der Waals surface area (Å²) in [7, 11) is 0. The van der Waals surface area contributed by atoms with Crippen molar-refractivity contribution >= 4 is 23.5 Å². The van der Waals surface area contributed by atoms with Gasteiger partial charge in [0.05, 0.1) is 6.61 Å². The summed E-state index contributed by atoms with van der Waals surface area (Å²) in [5, 5.41) is 3.75. The highest BCUT2D eigenvalue weighted by Gasteiger charge is 2.15. The number of carbonyl (C=O) groups is 1. The zero-order chi connectivity index (χ0) is 12.7. The molecule has 1 aromatic rings. The first-order valence-corrected chi connectivity index (χ1v) is 6.77. The normalized spacial score (nSPS) is 10.1. The van der Waals surface area contributed by atoms with E-state index < -0.39 is 5.97 Å². The first-order chi connectivity index (χ1) is 8.22. The van der Waals surface area contributed by atoms with Gasteiger partial charge in [0.1, 0.15) is 11.4 Å². The molecule has 0 aliphatic heterocycles. The van der Waals surface area contributed by atoms with Crippen LogP contribution in [0.15, 0.2) is 11.4 Å². The van der Waals surface area contributed by atoms with Crippen LogP contribution in [0.25, 0.3) is 0 Å². The lowest BCUT2D eigenvalue weighted by Gasteiger charge is -2.10. The van der Waals surface area contributed by atoms with Crippen LogP contribution < -0.4 is 5.32 Å². The second-order valence-corrected chi connectivity index (χ2v) is 4.04. The Labute approximate surface area is 105 Å². The zero-order valence-corrected chi connectivity index (χ0v) is 11.1. The van der Waals surface area contributed by atoms with Crippen molar-refractivity contribution in [1.82, 2.24) is 9.97 Å². The second-order valence-electron chi connectivity index (χ2n) is 3.27. The standard InChI is InChI=1S/C11H17N3O2S/c1-4-6-12-9-8(10(15)16-5-2)7-13-11(14-9)17-3/h7H,4-6H2,1-3H3,(H,12,13,14). The summed E-state index contributed by atoms with van der Waals surface area (Å²) < 4.78 is 4.96. The Kier molecular flexibility index (Phi) is 5.76. The van der Waals surface area contributed by atoms with Gasteiger partial charge in [-0.2, -0.15) is 0 Å². The number of hydrogen-bond acceptors (Lipinski definition) is 6. The van der Waals surface area contributed by atoms with Gasteiger partial charge in [-0.15, -0.1) is 0 Å². The molecule has 1 N–H and O–H groups in total. The van der Waals surface area contributed by atoms with Crippen LogP contribution in [0.3, 0.4) is 0 Å². The Morgan fingerprint density at radius 2 is 2.29 bits per heavy atom. The predicted octanol–water partition coefficient (Wildman–Crippen LogP) is 2.20. The van der Waals surface area contributed by atoms with Gasteiger partial charge in [0.25, 0.3) is 0 Å². The minimum Gasteiger partial charge on any atom is -0.462 e. The van der Waals surface area contributed by atoms with Gasteiger partial charge in [-0.25, -0.2) is 14.8 Å². The third-order valence-electron chi connectivity index (χ3n) is 1.99. The number of aromatic nitrogens is 2. The molecule has 6 heteroatoms. The number of hydrogen-bond donors (Lipinski definition) is 1. The minimum atomic E-state index is -0.390. The summed E-state index contributed by atoms with van der Waals surface area (Å²) in [5.74, 6) is 0.156. The van der Waals surface area contributed by atoms with Gasteiger partial charge in [-0.05, 0) is 19.6 Å². The molecule has 0 saturated heterocycles. The number of nitrogens with zero attached hydrogens (tertiary/aromatic N) is 2. The molecule has 0 saturated carbocycles. The van der Waals surface area contributed by atoms with Gasteiger partial charge in [-0.1, -0.05) is 18.7 Å². The molecule has 1 aromatic heterocycles. The monoisotopic (exact) mass is 255 g/mol. The van der Waals surface area contributed by atoms with Crippen LogP contribution in [-0.2, 0) is 4.74 Å². The number of rotatable bonds is 6. The molecule has 0 atom stereocenters. The first kappa shape index (κ1) is 13.8. The number of esters is 1.